The maximum absolute atomic E-state index is 11.5. The molecule has 1 aliphatic rings. The molecule has 20 heavy (non-hydrogen) atoms. The third kappa shape index (κ3) is 2.49. The molecule has 0 aliphatic carbocycles. The fourth-order valence-corrected chi connectivity index (χ4v) is 3.17. The van der Waals surface area contributed by atoms with Gasteiger partial charge in [0.2, 0.25) is 5.91 Å². The Morgan fingerprint density at radius 3 is 3.00 bits per heavy atom. The van der Waals surface area contributed by atoms with Crippen molar-refractivity contribution in [3.63, 3.8) is 0 Å². The molecule has 3 N–H and O–H groups in total. The van der Waals surface area contributed by atoms with E-state index in [1.165, 1.54) is 5.56 Å². The van der Waals surface area contributed by atoms with Crippen molar-refractivity contribution in [2.45, 2.75) is 19.4 Å². The number of nitrogens with two attached hydrogens (primary N) is 1. The first-order valence-corrected chi connectivity index (χ1v) is 7.52. The zero-order valence-corrected chi connectivity index (χ0v) is 12.2. The second-order valence-electron chi connectivity index (χ2n) is 5.10. The summed E-state index contributed by atoms with van der Waals surface area (Å²) in [5.41, 5.74) is 11.1. The number of nitrogen functional groups attached to an aromatic ring is 1. The van der Waals surface area contributed by atoms with E-state index in [0.717, 1.165) is 35.6 Å². The van der Waals surface area contributed by atoms with E-state index in [4.69, 9.17) is 5.73 Å². The Morgan fingerprint density at radius 1 is 1.40 bits per heavy atom. The fourth-order valence-electron chi connectivity index (χ4n) is 2.51. The lowest BCUT2D eigenvalue weighted by Crippen LogP contribution is -2.22. The number of fused-ring (bicyclic) bond motifs is 1. The number of amides is 1. The first kappa shape index (κ1) is 13.0. The summed E-state index contributed by atoms with van der Waals surface area (Å²) in [6.07, 6.45) is 1.30. The first-order chi connectivity index (χ1) is 9.63. The second kappa shape index (κ2) is 5.17. The number of carbonyl (C=O) groups excluding carboxylic acids is 1. The van der Waals surface area contributed by atoms with Crippen molar-refractivity contribution in [3.05, 3.63) is 40.1 Å². The Bertz CT molecular complexity index is 637. The molecule has 0 spiro atoms. The molecular weight excluding hydrogens is 270 g/mol. The summed E-state index contributed by atoms with van der Waals surface area (Å²) in [7, 11) is 2.01. The number of rotatable bonds is 3. The molecule has 0 bridgehead atoms. The van der Waals surface area contributed by atoms with Crippen molar-refractivity contribution in [1.82, 2.24) is 0 Å². The largest absolute Gasteiger partial charge is 0.397 e. The molecule has 0 fully saturated rings. The highest BCUT2D eigenvalue weighted by Crippen LogP contribution is 2.33. The minimum Gasteiger partial charge on any atom is -0.397 e. The van der Waals surface area contributed by atoms with Gasteiger partial charge in [-0.1, -0.05) is 0 Å². The minimum atomic E-state index is 0.0775. The standard InChI is InChI=1S/C15H17N3OS/c1-18(8-10-4-5-20-9-10)14-7-13-11(6-12(14)16)2-3-15(19)17-13/h4-7,9H,2-3,8,16H2,1H3,(H,17,19). The zero-order chi connectivity index (χ0) is 14.1. The zero-order valence-electron chi connectivity index (χ0n) is 11.3. The van der Waals surface area contributed by atoms with Crippen LogP contribution in [0.4, 0.5) is 17.1 Å². The van der Waals surface area contributed by atoms with Gasteiger partial charge in [0.25, 0.3) is 0 Å². The summed E-state index contributed by atoms with van der Waals surface area (Å²) in [4.78, 5) is 13.6. The normalized spacial score (nSPS) is 13.8. The number of nitrogens with one attached hydrogen (secondary N) is 1. The maximum atomic E-state index is 11.5. The molecule has 0 atom stereocenters. The van der Waals surface area contributed by atoms with Gasteiger partial charge in [-0.15, -0.1) is 0 Å². The van der Waals surface area contributed by atoms with E-state index in [9.17, 15) is 4.79 Å². The van der Waals surface area contributed by atoms with Crippen molar-refractivity contribution in [2.75, 3.05) is 23.0 Å². The predicted molar refractivity (Wildman–Crippen MR) is 84.2 cm³/mol. The van der Waals surface area contributed by atoms with Gasteiger partial charge in [-0.2, -0.15) is 11.3 Å². The summed E-state index contributed by atoms with van der Waals surface area (Å²) < 4.78 is 0. The molecule has 3 rings (SSSR count). The SMILES string of the molecule is CN(Cc1ccsc1)c1cc2c(cc1N)CCC(=O)N2. The van der Waals surface area contributed by atoms with Gasteiger partial charge in [0.15, 0.2) is 0 Å². The lowest BCUT2D eigenvalue weighted by atomic mass is 10.0. The van der Waals surface area contributed by atoms with Crippen LogP contribution in [0.1, 0.15) is 17.5 Å². The van der Waals surface area contributed by atoms with Gasteiger partial charge < -0.3 is 16.0 Å². The van der Waals surface area contributed by atoms with Crippen molar-refractivity contribution >= 4 is 34.3 Å². The van der Waals surface area contributed by atoms with Gasteiger partial charge in [0.05, 0.1) is 11.4 Å². The van der Waals surface area contributed by atoms with Crippen LogP contribution in [-0.2, 0) is 17.8 Å². The van der Waals surface area contributed by atoms with Crippen LogP contribution < -0.4 is 16.0 Å². The highest BCUT2D eigenvalue weighted by Gasteiger charge is 2.18. The quantitative estimate of drug-likeness (QED) is 0.853. The Kier molecular flexibility index (Phi) is 3.36. The Morgan fingerprint density at radius 2 is 2.25 bits per heavy atom. The van der Waals surface area contributed by atoms with E-state index >= 15 is 0 Å². The average Bonchev–Trinajstić information content (AvgIpc) is 2.91. The van der Waals surface area contributed by atoms with Crippen LogP contribution in [0.2, 0.25) is 0 Å². The van der Waals surface area contributed by atoms with E-state index in [2.05, 4.69) is 27.0 Å². The van der Waals surface area contributed by atoms with Gasteiger partial charge in [-0.3, -0.25) is 4.79 Å². The Balaban J connectivity index is 1.89. The molecular formula is C15H17N3OS. The summed E-state index contributed by atoms with van der Waals surface area (Å²) >= 11 is 1.69. The smallest absolute Gasteiger partial charge is 0.224 e. The summed E-state index contributed by atoms with van der Waals surface area (Å²) in [5, 5.41) is 7.12. The number of benzene rings is 1. The fraction of sp³-hybridized carbons (Fsp3) is 0.267. The van der Waals surface area contributed by atoms with Crippen LogP contribution in [0.25, 0.3) is 0 Å². The molecule has 0 saturated carbocycles. The number of hydrogen-bond donors (Lipinski definition) is 2. The third-order valence-corrected chi connectivity index (χ3v) is 4.29. The van der Waals surface area contributed by atoms with Crippen molar-refractivity contribution in [3.8, 4) is 0 Å². The van der Waals surface area contributed by atoms with Crippen LogP contribution in [0, 0.1) is 0 Å². The molecule has 0 unspecified atom stereocenters. The molecule has 2 aromatic rings. The van der Waals surface area contributed by atoms with E-state index in [1.54, 1.807) is 11.3 Å². The third-order valence-electron chi connectivity index (χ3n) is 3.56. The van der Waals surface area contributed by atoms with E-state index < -0.39 is 0 Å². The predicted octanol–water partition coefficient (Wildman–Crippen LogP) is 2.85. The molecule has 0 radical (unpaired) electrons. The van der Waals surface area contributed by atoms with Crippen LogP contribution in [-0.4, -0.2) is 13.0 Å². The van der Waals surface area contributed by atoms with Crippen molar-refractivity contribution in [2.24, 2.45) is 0 Å². The molecule has 1 amide bonds. The Hall–Kier alpha value is -2.01. The van der Waals surface area contributed by atoms with Crippen LogP contribution in [0.15, 0.2) is 29.0 Å². The average molecular weight is 287 g/mol. The Labute approximate surface area is 122 Å². The van der Waals surface area contributed by atoms with Gasteiger partial charge in [-0.05, 0) is 46.5 Å². The van der Waals surface area contributed by atoms with Crippen LogP contribution in [0.5, 0.6) is 0 Å². The number of hydrogen-bond acceptors (Lipinski definition) is 4. The second-order valence-corrected chi connectivity index (χ2v) is 5.88. The van der Waals surface area contributed by atoms with Crippen LogP contribution in [0.3, 0.4) is 0 Å². The molecule has 2 heterocycles. The number of anilines is 3. The molecule has 5 heteroatoms. The molecule has 1 aromatic carbocycles. The molecule has 1 aromatic heterocycles. The minimum absolute atomic E-state index is 0.0775. The monoisotopic (exact) mass is 287 g/mol. The maximum Gasteiger partial charge on any atom is 0.224 e. The van der Waals surface area contributed by atoms with E-state index in [-0.39, 0.29) is 5.91 Å². The number of carbonyl (C=O) groups is 1. The van der Waals surface area contributed by atoms with Gasteiger partial charge in [0.1, 0.15) is 0 Å². The number of aryl methyl sites for hydroxylation is 1. The summed E-state index contributed by atoms with van der Waals surface area (Å²) in [6.45, 7) is 0.806. The van der Waals surface area contributed by atoms with Gasteiger partial charge in [0, 0.05) is 25.7 Å². The van der Waals surface area contributed by atoms with Crippen molar-refractivity contribution in [1.29, 1.82) is 0 Å². The first-order valence-electron chi connectivity index (χ1n) is 6.58. The number of thiophene rings is 1. The topological polar surface area (TPSA) is 58.4 Å². The molecule has 1 aliphatic heterocycles. The van der Waals surface area contributed by atoms with Gasteiger partial charge >= 0.3 is 0 Å². The van der Waals surface area contributed by atoms with Gasteiger partial charge in [-0.25, -0.2) is 0 Å². The van der Waals surface area contributed by atoms with E-state index in [1.807, 2.05) is 19.2 Å². The number of nitrogens with zero attached hydrogens (tertiary/aromatic N) is 1. The van der Waals surface area contributed by atoms with Crippen LogP contribution >= 0.6 is 11.3 Å². The van der Waals surface area contributed by atoms with E-state index in [0.29, 0.717) is 6.42 Å². The highest BCUT2D eigenvalue weighted by atomic mass is 32.1. The molecule has 104 valence electrons. The van der Waals surface area contributed by atoms with Crippen molar-refractivity contribution < 1.29 is 4.79 Å². The highest BCUT2D eigenvalue weighted by molar-refractivity contribution is 7.07. The molecule has 0 saturated heterocycles. The lowest BCUT2D eigenvalue weighted by Gasteiger charge is -2.25. The summed E-state index contributed by atoms with van der Waals surface area (Å²) in [5.74, 6) is 0.0775. The molecule has 4 nitrogen and oxygen atoms in total. The lowest BCUT2D eigenvalue weighted by molar-refractivity contribution is -0.116. The summed E-state index contributed by atoms with van der Waals surface area (Å²) in [6, 6.07) is 6.07.